The van der Waals surface area contributed by atoms with E-state index in [1.807, 2.05) is 32.0 Å². The predicted molar refractivity (Wildman–Crippen MR) is 129 cm³/mol. The van der Waals surface area contributed by atoms with Gasteiger partial charge in [-0.2, -0.15) is 0 Å². The van der Waals surface area contributed by atoms with Gasteiger partial charge in [-0.15, -0.1) is 12.4 Å². The number of benzene rings is 2. The molecule has 1 fully saturated rings. The summed E-state index contributed by atoms with van der Waals surface area (Å²) < 4.78 is 5.10. The lowest BCUT2D eigenvalue weighted by Crippen LogP contribution is -2.31. The molecule has 1 amide bonds. The molecule has 3 aromatic rings. The first-order chi connectivity index (χ1) is 15.0. The van der Waals surface area contributed by atoms with Crippen molar-refractivity contribution in [1.82, 2.24) is 15.3 Å². The van der Waals surface area contributed by atoms with Gasteiger partial charge in [0.1, 0.15) is 11.6 Å². The van der Waals surface area contributed by atoms with Gasteiger partial charge < -0.3 is 20.1 Å². The van der Waals surface area contributed by atoms with E-state index in [2.05, 4.69) is 22.3 Å². The monoisotopic (exact) mass is 456 g/mol. The van der Waals surface area contributed by atoms with E-state index in [1.54, 1.807) is 12.1 Å². The summed E-state index contributed by atoms with van der Waals surface area (Å²) in [4.78, 5) is 23.6. The summed E-state index contributed by atoms with van der Waals surface area (Å²) in [6, 6.07) is 13.3. The molecule has 0 spiro atoms. The summed E-state index contributed by atoms with van der Waals surface area (Å²) >= 11 is 0. The molecule has 8 heteroatoms. The van der Waals surface area contributed by atoms with Gasteiger partial charge in [0.25, 0.3) is 0 Å². The molecule has 0 unspecified atom stereocenters. The van der Waals surface area contributed by atoms with Crippen LogP contribution in [0.4, 0.5) is 10.6 Å². The van der Waals surface area contributed by atoms with Crippen molar-refractivity contribution in [2.24, 2.45) is 5.92 Å². The largest absolute Gasteiger partial charge is 0.507 e. The van der Waals surface area contributed by atoms with E-state index in [-0.39, 0.29) is 24.2 Å². The Bertz CT molecular complexity index is 1090. The number of fused-ring (bicyclic) bond motifs is 1. The van der Waals surface area contributed by atoms with E-state index in [0.29, 0.717) is 30.5 Å². The van der Waals surface area contributed by atoms with Crippen LogP contribution < -0.4 is 10.2 Å². The van der Waals surface area contributed by atoms with Gasteiger partial charge >= 0.3 is 6.09 Å². The second-order valence-electron chi connectivity index (χ2n) is 8.03. The van der Waals surface area contributed by atoms with Gasteiger partial charge in [-0.05, 0) is 55.5 Å². The van der Waals surface area contributed by atoms with Crippen LogP contribution in [0.1, 0.15) is 25.3 Å². The van der Waals surface area contributed by atoms with Gasteiger partial charge in [-0.25, -0.2) is 14.8 Å². The van der Waals surface area contributed by atoms with Crippen LogP contribution in [0, 0.1) is 12.8 Å². The first kappa shape index (κ1) is 23.6. The first-order valence-corrected chi connectivity index (χ1v) is 10.8. The third-order valence-corrected chi connectivity index (χ3v) is 5.53. The number of halogens is 1. The van der Waals surface area contributed by atoms with Gasteiger partial charge in [-0.3, -0.25) is 0 Å². The lowest BCUT2D eigenvalue weighted by molar-refractivity contribution is 0.145. The molecule has 170 valence electrons. The number of ether oxygens (including phenoxy) is 1. The van der Waals surface area contributed by atoms with Gasteiger partial charge in [0.15, 0.2) is 5.82 Å². The lowest BCUT2D eigenvalue weighted by atomic mass is 10.1. The normalized spacial score (nSPS) is 15.4. The molecule has 0 saturated carbocycles. The van der Waals surface area contributed by atoms with Crippen LogP contribution >= 0.6 is 12.4 Å². The Kier molecular flexibility index (Phi) is 7.75. The number of amides is 1. The third-order valence-electron chi connectivity index (χ3n) is 5.53. The fourth-order valence-electron chi connectivity index (χ4n) is 3.91. The molecule has 1 aromatic heterocycles. The van der Waals surface area contributed by atoms with Crippen LogP contribution in [0.25, 0.3) is 22.3 Å². The molecule has 1 saturated heterocycles. The Morgan fingerprint density at radius 2 is 2.06 bits per heavy atom. The molecule has 4 rings (SSSR count). The number of nitrogens with zero attached hydrogens (tertiary/aromatic N) is 3. The smallest absolute Gasteiger partial charge is 0.407 e. The van der Waals surface area contributed by atoms with Crippen LogP contribution in [0.15, 0.2) is 42.5 Å². The molecule has 2 aromatic carbocycles. The Labute approximate surface area is 194 Å². The van der Waals surface area contributed by atoms with E-state index in [1.165, 1.54) is 0 Å². The summed E-state index contributed by atoms with van der Waals surface area (Å²) in [6.45, 7) is 6.65. The molecule has 1 aliphatic heterocycles. The summed E-state index contributed by atoms with van der Waals surface area (Å²) in [5.41, 5.74) is 2.59. The van der Waals surface area contributed by atoms with Crippen LogP contribution in [0.2, 0.25) is 0 Å². The van der Waals surface area contributed by atoms with Crippen molar-refractivity contribution in [1.29, 1.82) is 0 Å². The summed E-state index contributed by atoms with van der Waals surface area (Å²) in [5, 5.41) is 14.2. The second-order valence-corrected chi connectivity index (χ2v) is 8.03. The number of hydrogen-bond acceptors (Lipinski definition) is 6. The molecule has 0 aliphatic carbocycles. The van der Waals surface area contributed by atoms with Crippen LogP contribution in [0.3, 0.4) is 0 Å². The van der Waals surface area contributed by atoms with E-state index in [0.717, 1.165) is 48.2 Å². The van der Waals surface area contributed by atoms with Crippen molar-refractivity contribution >= 4 is 35.2 Å². The second kappa shape index (κ2) is 10.5. The molecule has 1 atom stereocenters. The van der Waals surface area contributed by atoms with Crippen LogP contribution in [0.5, 0.6) is 5.75 Å². The van der Waals surface area contributed by atoms with E-state index in [9.17, 15) is 9.90 Å². The molecular formula is C24H29ClN4O3. The number of aryl methyl sites for hydroxylation is 1. The number of para-hydroxylation sites is 1. The Hall–Kier alpha value is -3.06. The number of aromatic nitrogens is 2. The molecule has 2 heterocycles. The van der Waals surface area contributed by atoms with Crippen molar-refractivity contribution < 1.29 is 14.6 Å². The highest BCUT2D eigenvalue weighted by Crippen LogP contribution is 2.33. The number of nitrogens with one attached hydrogen (secondary N) is 1. The van der Waals surface area contributed by atoms with E-state index in [4.69, 9.17) is 14.7 Å². The quantitative estimate of drug-likeness (QED) is 0.559. The minimum atomic E-state index is -0.356. The highest BCUT2D eigenvalue weighted by Gasteiger charge is 2.26. The van der Waals surface area contributed by atoms with E-state index >= 15 is 0 Å². The average Bonchev–Trinajstić information content (AvgIpc) is 3.24. The summed E-state index contributed by atoms with van der Waals surface area (Å²) in [5.74, 6) is 1.85. The van der Waals surface area contributed by atoms with E-state index < -0.39 is 0 Å². The molecule has 2 N–H and O–H groups in total. The molecule has 0 bridgehead atoms. The number of anilines is 1. The SMILES string of the molecule is CCCOC(=O)NC[C@@H]1CCN(c2nc(-c3ccccc3O)nc3cc(C)ccc23)C1.Cl. The van der Waals surface area contributed by atoms with Crippen LogP contribution in [-0.4, -0.2) is 47.4 Å². The van der Waals surface area contributed by atoms with Crippen LogP contribution in [-0.2, 0) is 4.74 Å². The molecule has 0 radical (unpaired) electrons. The zero-order valence-corrected chi connectivity index (χ0v) is 19.2. The number of hydrogen-bond donors (Lipinski definition) is 2. The zero-order chi connectivity index (χ0) is 21.8. The number of phenols is 1. The van der Waals surface area contributed by atoms with Gasteiger partial charge in [-0.1, -0.05) is 25.1 Å². The highest BCUT2D eigenvalue weighted by molar-refractivity contribution is 5.92. The number of carbonyl (C=O) groups is 1. The maximum Gasteiger partial charge on any atom is 0.407 e. The topological polar surface area (TPSA) is 87.6 Å². The van der Waals surface area contributed by atoms with Crippen molar-refractivity contribution in [3.8, 4) is 17.1 Å². The van der Waals surface area contributed by atoms with Crippen molar-refractivity contribution in [2.45, 2.75) is 26.7 Å². The molecule has 7 nitrogen and oxygen atoms in total. The maximum absolute atomic E-state index is 11.8. The molecule has 1 aliphatic rings. The first-order valence-electron chi connectivity index (χ1n) is 10.8. The van der Waals surface area contributed by atoms with Crippen molar-refractivity contribution in [3.63, 3.8) is 0 Å². The average molecular weight is 457 g/mol. The fraction of sp³-hybridized carbons (Fsp3) is 0.375. The minimum absolute atomic E-state index is 0. The molecule has 32 heavy (non-hydrogen) atoms. The Morgan fingerprint density at radius 1 is 1.25 bits per heavy atom. The molecular weight excluding hydrogens is 428 g/mol. The number of rotatable bonds is 6. The third kappa shape index (κ3) is 5.22. The Balaban J connectivity index is 0.00000289. The van der Waals surface area contributed by atoms with Gasteiger partial charge in [0, 0.05) is 25.0 Å². The van der Waals surface area contributed by atoms with Gasteiger partial charge in [0.2, 0.25) is 0 Å². The summed E-state index contributed by atoms with van der Waals surface area (Å²) in [7, 11) is 0. The number of alkyl carbamates (subject to hydrolysis) is 1. The lowest BCUT2D eigenvalue weighted by Gasteiger charge is -2.21. The van der Waals surface area contributed by atoms with Crippen molar-refractivity contribution in [2.75, 3.05) is 31.1 Å². The van der Waals surface area contributed by atoms with Gasteiger partial charge in [0.05, 0.1) is 17.7 Å². The number of aromatic hydroxyl groups is 1. The fourth-order valence-corrected chi connectivity index (χ4v) is 3.91. The zero-order valence-electron chi connectivity index (χ0n) is 18.4. The highest BCUT2D eigenvalue weighted by atomic mass is 35.5. The number of phenolic OH excluding ortho intramolecular Hbond substituents is 1. The maximum atomic E-state index is 11.8. The van der Waals surface area contributed by atoms with Crippen molar-refractivity contribution in [3.05, 3.63) is 48.0 Å². The number of carbonyl (C=O) groups excluding carboxylic acids is 1. The standard InChI is InChI=1S/C24H28N4O3.ClH/c1-3-12-31-24(30)25-14-17-10-11-28(15-17)23-18-9-8-16(2)13-20(18)26-22(27-23)19-6-4-5-7-21(19)29;/h4-9,13,17,29H,3,10-12,14-15H2,1-2H3,(H,25,30);1H/t17-;/m0./s1. The summed E-state index contributed by atoms with van der Waals surface area (Å²) in [6.07, 6.45) is 1.41. The minimum Gasteiger partial charge on any atom is -0.507 e. The Morgan fingerprint density at radius 3 is 2.84 bits per heavy atom. The predicted octanol–water partition coefficient (Wildman–Crippen LogP) is 4.70.